The summed E-state index contributed by atoms with van der Waals surface area (Å²) < 4.78 is 63.5. The Labute approximate surface area is 211 Å². The molecule has 2 saturated heterocycles. The number of carboxylic acid groups (broad SMARTS) is 2. The van der Waals surface area contributed by atoms with Crippen LogP contribution < -0.4 is 4.90 Å². The summed E-state index contributed by atoms with van der Waals surface area (Å²) in [5, 5.41) is 18.4. The number of carboxylic acids is 2. The van der Waals surface area contributed by atoms with E-state index in [2.05, 4.69) is 28.3 Å². The molecular weight excluding hydrogens is 532 g/mol. The van der Waals surface area contributed by atoms with E-state index < -0.39 is 24.3 Å². The van der Waals surface area contributed by atoms with Crippen molar-refractivity contribution in [1.29, 1.82) is 0 Å². The highest BCUT2D eigenvalue weighted by Crippen LogP contribution is 2.46. The van der Waals surface area contributed by atoms with Gasteiger partial charge in [-0.3, -0.25) is 14.7 Å². The Morgan fingerprint density at radius 1 is 1.11 bits per heavy atom. The Kier molecular flexibility index (Phi) is 9.66. The van der Waals surface area contributed by atoms with Crippen molar-refractivity contribution < 1.29 is 50.9 Å². The summed E-state index contributed by atoms with van der Waals surface area (Å²) in [6.45, 7) is 5.73. The van der Waals surface area contributed by atoms with Crippen molar-refractivity contribution in [2.24, 2.45) is 11.3 Å². The van der Waals surface area contributed by atoms with Gasteiger partial charge in [0.05, 0.1) is 16.8 Å². The average molecular weight is 555 g/mol. The summed E-state index contributed by atoms with van der Waals surface area (Å²) in [5.74, 6) is -4.81. The van der Waals surface area contributed by atoms with Gasteiger partial charge in [-0.1, -0.05) is 13.0 Å². The summed E-state index contributed by atoms with van der Waals surface area (Å²) >= 11 is 1.65. The molecule has 2 aromatic rings. The number of hydrogen-bond acceptors (Lipinski definition) is 6. The van der Waals surface area contributed by atoms with E-state index in [1.54, 1.807) is 11.3 Å². The Morgan fingerprint density at radius 2 is 1.70 bits per heavy atom. The van der Waals surface area contributed by atoms with Gasteiger partial charge in [0.2, 0.25) is 5.91 Å². The topological polar surface area (TPSA) is 111 Å². The minimum atomic E-state index is -5.08. The lowest BCUT2D eigenvalue weighted by Crippen LogP contribution is -2.39. The van der Waals surface area contributed by atoms with E-state index in [-0.39, 0.29) is 5.41 Å². The first-order chi connectivity index (χ1) is 17.1. The minimum Gasteiger partial charge on any atom is -0.475 e. The average Bonchev–Trinajstić information content (AvgIpc) is 3.50. The molecule has 2 aliphatic heterocycles. The van der Waals surface area contributed by atoms with Crippen LogP contribution in [0.5, 0.6) is 0 Å². The fourth-order valence-electron chi connectivity index (χ4n) is 4.07. The lowest BCUT2D eigenvalue weighted by Gasteiger charge is -2.26. The van der Waals surface area contributed by atoms with Crippen LogP contribution in [-0.2, 0) is 20.9 Å². The number of nitrogens with zero attached hydrogens (tertiary/aromatic N) is 3. The molecule has 1 spiro atoms. The standard InChI is InChI=1S/C18H21N3OS.2C2HF3O2/c1-14-10-20(11-15-4-2-3-7-19-15)13-18(14)6-8-21(17(18)22)16-5-9-23-12-16;2*3-2(4,5)1(6)7/h2-5,7,9,12,14H,6,8,10-11,13H2,1H3;2*(H,6,7)/t14-,18-;;/m1../s1. The maximum Gasteiger partial charge on any atom is 0.490 e. The third kappa shape index (κ3) is 7.89. The van der Waals surface area contributed by atoms with Crippen LogP contribution in [0.2, 0.25) is 0 Å². The first kappa shape index (κ1) is 30.0. The molecule has 4 heterocycles. The second-order valence-electron chi connectivity index (χ2n) is 8.34. The monoisotopic (exact) mass is 555 g/mol. The number of aromatic nitrogens is 1. The van der Waals surface area contributed by atoms with E-state index in [1.807, 2.05) is 34.7 Å². The van der Waals surface area contributed by atoms with Crippen LogP contribution in [0.3, 0.4) is 0 Å². The van der Waals surface area contributed by atoms with Gasteiger partial charge in [0.1, 0.15) is 0 Å². The SMILES string of the molecule is C[C@@H]1CN(Cc2ccccn2)C[C@]12CCN(c1ccsc1)C2=O.O=C(O)C(F)(F)F.O=C(O)C(F)(F)F. The molecule has 8 nitrogen and oxygen atoms in total. The van der Waals surface area contributed by atoms with E-state index in [1.165, 1.54) is 0 Å². The number of aliphatic carboxylic acids is 2. The molecule has 0 radical (unpaired) electrons. The fourth-order valence-corrected chi connectivity index (χ4v) is 4.71. The summed E-state index contributed by atoms with van der Waals surface area (Å²) in [6, 6.07) is 8.07. The number of hydrogen-bond donors (Lipinski definition) is 2. The molecule has 0 aliphatic carbocycles. The molecule has 2 fully saturated rings. The predicted octanol–water partition coefficient (Wildman–Crippen LogP) is 4.28. The van der Waals surface area contributed by atoms with E-state index >= 15 is 0 Å². The van der Waals surface area contributed by atoms with Gasteiger partial charge in [-0.2, -0.15) is 37.7 Å². The molecule has 0 unspecified atom stereocenters. The number of thiophene rings is 1. The van der Waals surface area contributed by atoms with Gasteiger partial charge in [0.25, 0.3) is 0 Å². The highest BCUT2D eigenvalue weighted by Gasteiger charge is 2.55. The van der Waals surface area contributed by atoms with Gasteiger partial charge in [0, 0.05) is 37.8 Å². The summed E-state index contributed by atoms with van der Waals surface area (Å²) in [6.07, 6.45) is -7.37. The van der Waals surface area contributed by atoms with Crippen LogP contribution >= 0.6 is 11.3 Å². The maximum atomic E-state index is 13.1. The number of carbonyl (C=O) groups excluding carboxylic acids is 1. The van der Waals surface area contributed by atoms with Crippen molar-refractivity contribution in [3.63, 3.8) is 0 Å². The number of alkyl halides is 6. The highest BCUT2D eigenvalue weighted by molar-refractivity contribution is 7.08. The quantitative estimate of drug-likeness (QED) is 0.544. The molecule has 2 N–H and O–H groups in total. The lowest BCUT2D eigenvalue weighted by molar-refractivity contribution is -0.193. The normalized spacial score (nSPS) is 21.8. The Morgan fingerprint density at radius 3 is 2.16 bits per heavy atom. The summed E-state index contributed by atoms with van der Waals surface area (Å²) in [7, 11) is 0. The van der Waals surface area contributed by atoms with E-state index in [0.29, 0.717) is 11.8 Å². The molecule has 2 aromatic heterocycles. The zero-order chi connectivity index (χ0) is 28.0. The Bertz CT molecular complexity index is 1040. The summed E-state index contributed by atoms with van der Waals surface area (Å²) in [5.41, 5.74) is 1.93. The molecular formula is C22H23F6N3O5S. The molecule has 2 aliphatic rings. The van der Waals surface area contributed by atoms with Crippen LogP contribution in [0, 0.1) is 11.3 Å². The van der Waals surface area contributed by atoms with Gasteiger partial charge in [-0.05, 0) is 35.9 Å². The zero-order valence-electron chi connectivity index (χ0n) is 19.3. The fraction of sp³-hybridized carbons (Fsp3) is 0.455. The molecule has 4 rings (SSSR count). The van der Waals surface area contributed by atoms with E-state index in [9.17, 15) is 31.1 Å². The number of pyridine rings is 1. The van der Waals surface area contributed by atoms with Crippen LogP contribution in [0.1, 0.15) is 19.0 Å². The molecule has 204 valence electrons. The lowest BCUT2D eigenvalue weighted by atomic mass is 9.78. The molecule has 0 aromatic carbocycles. The number of likely N-dealkylation sites (tertiary alicyclic amines) is 1. The number of anilines is 1. The van der Waals surface area contributed by atoms with Crippen LogP contribution in [0.4, 0.5) is 32.0 Å². The van der Waals surface area contributed by atoms with Gasteiger partial charge in [-0.25, -0.2) is 9.59 Å². The van der Waals surface area contributed by atoms with E-state index in [0.717, 1.165) is 44.0 Å². The van der Waals surface area contributed by atoms with Crippen molar-refractivity contribution >= 4 is 34.9 Å². The van der Waals surface area contributed by atoms with Crippen molar-refractivity contribution in [3.8, 4) is 0 Å². The minimum absolute atomic E-state index is 0.212. The second-order valence-corrected chi connectivity index (χ2v) is 9.12. The molecule has 2 atom stereocenters. The molecule has 0 bridgehead atoms. The van der Waals surface area contributed by atoms with Gasteiger partial charge >= 0.3 is 24.3 Å². The van der Waals surface area contributed by atoms with Gasteiger partial charge in [0.15, 0.2) is 0 Å². The maximum absolute atomic E-state index is 13.1. The number of amides is 1. The first-order valence-electron chi connectivity index (χ1n) is 10.6. The van der Waals surface area contributed by atoms with Gasteiger partial charge in [-0.15, -0.1) is 0 Å². The number of halogens is 6. The molecule has 37 heavy (non-hydrogen) atoms. The predicted molar refractivity (Wildman–Crippen MR) is 120 cm³/mol. The molecule has 1 amide bonds. The van der Waals surface area contributed by atoms with Crippen LogP contribution in [-0.4, -0.2) is 69.9 Å². The Hall–Kier alpha value is -3.20. The first-order valence-corrected chi connectivity index (χ1v) is 11.6. The third-order valence-electron chi connectivity index (χ3n) is 5.85. The number of carbonyl (C=O) groups is 3. The number of rotatable bonds is 3. The van der Waals surface area contributed by atoms with Crippen molar-refractivity contribution in [3.05, 3.63) is 46.9 Å². The highest BCUT2D eigenvalue weighted by atomic mass is 32.1. The second kappa shape index (κ2) is 11.9. The molecule has 15 heteroatoms. The third-order valence-corrected chi connectivity index (χ3v) is 6.52. The van der Waals surface area contributed by atoms with Crippen LogP contribution in [0.15, 0.2) is 41.2 Å². The van der Waals surface area contributed by atoms with Crippen molar-refractivity contribution in [2.45, 2.75) is 32.2 Å². The summed E-state index contributed by atoms with van der Waals surface area (Å²) in [4.78, 5) is 39.7. The Balaban J connectivity index is 0.000000286. The zero-order valence-corrected chi connectivity index (χ0v) is 20.1. The van der Waals surface area contributed by atoms with Gasteiger partial charge < -0.3 is 15.1 Å². The molecule has 0 saturated carbocycles. The van der Waals surface area contributed by atoms with Crippen molar-refractivity contribution in [1.82, 2.24) is 9.88 Å². The largest absolute Gasteiger partial charge is 0.490 e. The van der Waals surface area contributed by atoms with Crippen molar-refractivity contribution in [2.75, 3.05) is 24.5 Å². The van der Waals surface area contributed by atoms with Crippen LogP contribution in [0.25, 0.3) is 0 Å². The van der Waals surface area contributed by atoms with E-state index in [4.69, 9.17) is 19.8 Å². The smallest absolute Gasteiger partial charge is 0.475 e.